The number of nitrogens with zero attached hydrogens (tertiary/aromatic N) is 5. The summed E-state index contributed by atoms with van der Waals surface area (Å²) in [5.74, 6) is 1.36. The fourth-order valence-corrected chi connectivity index (χ4v) is 3.97. The van der Waals surface area contributed by atoms with E-state index in [0.29, 0.717) is 23.1 Å². The highest BCUT2D eigenvalue weighted by molar-refractivity contribution is 5.66. The van der Waals surface area contributed by atoms with E-state index >= 15 is 4.39 Å². The Morgan fingerprint density at radius 3 is 2.66 bits per heavy atom. The van der Waals surface area contributed by atoms with Crippen molar-refractivity contribution in [2.75, 3.05) is 43.4 Å². The smallest absolute Gasteiger partial charge is 0.326 e. The van der Waals surface area contributed by atoms with E-state index in [1.54, 1.807) is 12.1 Å². The number of piperazine rings is 1. The number of likely N-dealkylation sites (N-methyl/N-ethyl adjacent to an activating group) is 1. The van der Waals surface area contributed by atoms with E-state index < -0.39 is 5.82 Å². The van der Waals surface area contributed by atoms with Crippen LogP contribution in [0.3, 0.4) is 0 Å². The predicted molar refractivity (Wildman–Crippen MR) is 120 cm³/mol. The highest BCUT2D eigenvalue weighted by Gasteiger charge is 2.21. The van der Waals surface area contributed by atoms with E-state index in [4.69, 9.17) is 9.26 Å². The molecule has 3 aromatic rings. The first-order chi connectivity index (χ1) is 15.4. The van der Waals surface area contributed by atoms with Crippen molar-refractivity contribution in [3.05, 3.63) is 52.5 Å². The molecule has 0 bridgehead atoms. The van der Waals surface area contributed by atoms with Gasteiger partial charge in [0.05, 0.1) is 5.69 Å². The average molecular weight is 436 g/mol. The van der Waals surface area contributed by atoms with Crippen molar-refractivity contribution in [2.45, 2.75) is 20.3 Å². The van der Waals surface area contributed by atoms with Crippen LogP contribution < -0.4 is 15.0 Å². The van der Waals surface area contributed by atoms with E-state index in [0.717, 1.165) is 49.4 Å². The van der Waals surface area contributed by atoms with Gasteiger partial charge in [-0.1, -0.05) is 22.9 Å². The Hall–Kier alpha value is -3.46. The molecule has 32 heavy (non-hydrogen) atoms. The van der Waals surface area contributed by atoms with Gasteiger partial charge in [-0.05, 0) is 38.9 Å². The van der Waals surface area contributed by atoms with Crippen LogP contribution >= 0.6 is 0 Å². The van der Waals surface area contributed by atoms with Gasteiger partial charge in [0.25, 0.3) is 0 Å². The highest BCUT2D eigenvalue weighted by Crippen LogP contribution is 2.34. The summed E-state index contributed by atoms with van der Waals surface area (Å²) >= 11 is 0. The summed E-state index contributed by atoms with van der Waals surface area (Å²) < 4.78 is 26.2. The second-order valence-electron chi connectivity index (χ2n) is 8.36. The van der Waals surface area contributed by atoms with Gasteiger partial charge in [0.1, 0.15) is 11.6 Å². The number of halogens is 1. The van der Waals surface area contributed by atoms with E-state index in [1.807, 2.05) is 32.1 Å². The number of aromatic nitrogens is 3. The van der Waals surface area contributed by atoms with Gasteiger partial charge in [0.15, 0.2) is 11.6 Å². The number of aryl methyl sites for hydroxylation is 1. The van der Waals surface area contributed by atoms with Crippen LogP contribution in [0.15, 0.2) is 34.4 Å². The molecule has 3 heterocycles. The van der Waals surface area contributed by atoms with E-state index in [1.165, 1.54) is 0 Å². The van der Waals surface area contributed by atoms with Crippen LogP contribution in [0.5, 0.6) is 11.8 Å². The molecule has 0 radical (unpaired) electrons. The molecule has 2 aliphatic rings. The lowest BCUT2D eigenvalue weighted by Crippen LogP contribution is -2.44. The van der Waals surface area contributed by atoms with Gasteiger partial charge in [0, 0.05) is 43.9 Å². The maximum Gasteiger partial charge on any atom is 0.326 e. The molecule has 1 aliphatic heterocycles. The normalized spacial score (nSPS) is 16.1. The first-order valence-corrected chi connectivity index (χ1v) is 10.6. The fraction of sp³-hybridized carbons (Fsp3) is 0.348. The van der Waals surface area contributed by atoms with Gasteiger partial charge in [-0.3, -0.25) is 0 Å². The Kier molecular flexibility index (Phi) is 5.26. The standard InChI is InChI=1S/C23H25FN6O2/c1-14-10-16-4-5-18(22(24)17(16)11-14)31-23-26-19(25-21-12-15(2)28-32-21)13-20(27-23)30-8-6-29(3)7-9-30/h4-5,11-13H,6-10H2,1-3H3,(H,25,26,27). The number of hydrogen-bond acceptors (Lipinski definition) is 8. The summed E-state index contributed by atoms with van der Waals surface area (Å²) in [6, 6.07) is 7.20. The van der Waals surface area contributed by atoms with Gasteiger partial charge >= 0.3 is 6.01 Å². The van der Waals surface area contributed by atoms with Gasteiger partial charge in [0.2, 0.25) is 5.88 Å². The van der Waals surface area contributed by atoms with E-state index in [9.17, 15) is 0 Å². The monoisotopic (exact) mass is 436 g/mol. The van der Waals surface area contributed by atoms with Crippen LogP contribution in [0.1, 0.15) is 23.7 Å². The molecule has 0 unspecified atom stereocenters. The SMILES string of the molecule is CC1=Cc2c(ccc(Oc3nc(Nc4cc(C)no4)cc(N4CCN(C)CC4)n3)c2F)C1. The Balaban J connectivity index is 1.47. The first-order valence-electron chi connectivity index (χ1n) is 10.6. The second kappa shape index (κ2) is 8.23. The Bertz CT molecular complexity index is 1180. The van der Waals surface area contributed by atoms with E-state index in [-0.39, 0.29) is 11.8 Å². The van der Waals surface area contributed by atoms with Gasteiger partial charge < -0.3 is 24.4 Å². The summed E-state index contributed by atoms with van der Waals surface area (Å²) in [6.45, 7) is 7.33. The number of fused-ring (bicyclic) bond motifs is 1. The van der Waals surface area contributed by atoms with Crippen molar-refractivity contribution < 1.29 is 13.7 Å². The summed E-state index contributed by atoms with van der Waals surface area (Å²) in [4.78, 5) is 13.4. The maximum absolute atomic E-state index is 15.1. The van der Waals surface area contributed by atoms with Crippen molar-refractivity contribution in [3.8, 4) is 11.8 Å². The number of ether oxygens (including phenoxy) is 1. The lowest BCUT2D eigenvalue weighted by atomic mass is 10.1. The molecule has 2 aromatic heterocycles. The quantitative estimate of drug-likeness (QED) is 0.639. The van der Waals surface area contributed by atoms with E-state index in [2.05, 4.69) is 37.3 Å². The molecule has 5 rings (SSSR count). The number of rotatable bonds is 5. The third-order valence-corrected chi connectivity index (χ3v) is 5.69. The molecule has 166 valence electrons. The lowest BCUT2D eigenvalue weighted by molar-refractivity contribution is 0.311. The first kappa shape index (κ1) is 20.4. The third-order valence-electron chi connectivity index (χ3n) is 5.69. The number of allylic oxidation sites excluding steroid dienone is 1. The summed E-state index contributed by atoms with van der Waals surface area (Å²) in [6.07, 6.45) is 2.62. The zero-order chi connectivity index (χ0) is 22.2. The van der Waals surface area contributed by atoms with Crippen LogP contribution in [0.4, 0.5) is 21.9 Å². The molecule has 1 aliphatic carbocycles. The minimum Gasteiger partial charge on any atom is -0.421 e. The van der Waals surface area contributed by atoms with Crippen molar-refractivity contribution in [2.24, 2.45) is 0 Å². The molecule has 8 nitrogen and oxygen atoms in total. The molecule has 1 N–H and O–H groups in total. The largest absolute Gasteiger partial charge is 0.421 e. The van der Waals surface area contributed by atoms with Crippen LogP contribution in [0.25, 0.3) is 6.08 Å². The Morgan fingerprint density at radius 1 is 1.09 bits per heavy atom. The Labute approximate surface area is 185 Å². The maximum atomic E-state index is 15.1. The minimum absolute atomic E-state index is 0.0673. The number of anilines is 3. The minimum atomic E-state index is -0.395. The molecule has 0 spiro atoms. The molecule has 0 saturated carbocycles. The Morgan fingerprint density at radius 2 is 1.91 bits per heavy atom. The van der Waals surface area contributed by atoms with Crippen LogP contribution in [0.2, 0.25) is 0 Å². The van der Waals surface area contributed by atoms with Crippen LogP contribution in [-0.2, 0) is 6.42 Å². The average Bonchev–Trinajstić information content (AvgIpc) is 3.35. The molecule has 1 fully saturated rings. The number of hydrogen-bond donors (Lipinski definition) is 1. The molecular weight excluding hydrogens is 411 g/mol. The van der Waals surface area contributed by atoms with Gasteiger partial charge in [-0.2, -0.15) is 9.97 Å². The number of benzene rings is 1. The zero-order valence-electron chi connectivity index (χ0n) is 18.4. The van der Waals surface area contributed by atoms with Crippen LogP contribution in [0, 0.1) is 12.7 Å². The van der Waals surface area contributed by atoms with Crippen molar-refractivity contribution in [1.29, 1.82) is 0 Å². The molecule has 1 aromatic carbocycles. The highest BCUT2D eigenvalue weighted by atomic mass is 19.1. The molecular formula is C23H25FN6O2. The van der Waals surface area contributed by atoms with Crippen molar-refractivity contribution >= 4 is 23.6 Å². The van der Waals surface area contributed by atoms with Crippen molar-refractivity contribution in [3.63, 3.8) is 0 Å². The molecule has 0 atom stereocenters. The topological polar surface area (TPSA) is 79.5 Å². The molecule has 9 heteroatoms. The van der Waals surface area contributed by atoms with Gasteiger partial charge in [-0.15, -0.1) is 0 Å². The summed E-state index contributed by atoms with van der Waals surface area (Å²) in [5, 5.41) is 6.99. The predicted octanol–water partition coefficient (Wildman–Crippen LogP) is 4.16. The van der Waals surface area contributed by atoms with Crippen molar-refractivity contribution in [1.82, 2.24) is 20.0 Å². The lowest BCUT2D eigenvalue weighted by Gasteiger charge is -2.33. The molecule has 0 amide bonds. The molecule has 1 saturated heterocycles. The summed E-state index contributed by atoms with van der Waals surface area (Å²) in [5.41, 5.74) is 3.41. The summed E-state index contributed by atoms with van der Waals surface area (Å²) in [7, 11) is 2.10. The third kappa shape index (κ3) is 4.16. The van der Waals surface area contributed by atoms with Gasteiger partial charge in [-0.25, -0.2) is 4.39 Å². The van der Waals surface area contributed by atoms with Crippen LogP contribution in [-0.4, -0.2) is 53.3 Å². The number of nitrogens with one attached hydrogen (secondary N) is 1. The fourth-order valence-electron chi connectivity index (χ4n) is 3.97. The zero-order valence-corrected chi connectivity index (χ0v) is 18.4. The second-order valence-corrected chi connectivity index (χ2v) is 8.36.